The van der Waals surface area contributed by atoms with Crippen LogP contribution in [-0.2, 0) is 0 Å². The molecule has 0 saturated carbocycles. The third-order valence-corrected chi connectivity index (χ3v) is 5.34. The monoisotopic (exact) mass is 499 g/mol. The molecule has 1 aliphatic rings. The largest absolute Gasteiger partial charge is 0.405 e. The molecule has 2 amide bonds. The van der Waals surface area contributed by atoms with Gasteiger partial charge in [-0.1, -0.05) is 12.1 Å². The molecule has 0 aliphatic carbocycles. The summed E-state index contributed by atoms with van der Waals surface area (Å²) in [6.07, 6.45) is 2.69. The number of hydrogen-bond donors (Lipinski definition) is 6. The summed E-state index contributed by atoms with van der Waals surface area (Å²) in [6.45, 7) is -0.294. The zero-order valence-electron chi connectivity index (χ0n) is 19.0. The molecule has 188 valence electrons. The molecule has 36 heavy (non-hydrogen) atoms. The maximum Gasteiger partial charge on any atom is 0.405 e. The highest BCUT2D eigenvalue weighted by atomic mass is 19.4. The number of urea groups is 1. The first-order chi connectivity index (χ1) is 17.2. The predicted octanol–water partition coefficient (Wildman–Crippen LogP) is 3.39. The fourth-order valence-corrected chi connectivity index (χ4v) is 3.36. The van der Waals surface area contributed by atoms with E-state index in [4.69, 9.17) is 16.1 Å². The highest BCUT2D eigenvalue weighted by molar-refractivity contribution is 5.99. The van der Waals surface area contributed by atoms with Crippen molar-refractivity contribution in [2.24, 2.45) is 10.9 Å². The first-order valence-corrected chi connectivity index (χ1v) is 10.8. The summed E-state index contributed by atoms with van der Waals surface area (Å²) < 4.78 is 36.8. The molecular weight excluding hydrogens is 475 g/mol. The molecule has 2 heterocycles. The average Bonchev–Trinajstić information content (AvgIpc) is 3.29. The molecule has 10 nitrogen and oxygen atoms in total. The van der Waals surface area contributed by atoms with Crippen LogP contribution in [0.1, 0.15) is 12.2 Å². The molecule has 1 saturated heterocycles. The van der Waals surface area contributed by atoms with E-state index < -0.39 is 30.2 Å². The van der Waals surface area contributed by atoms with E-state index in [9.17, 15) is 18.0 Å². The number of imidazole rings is 1. The maximum absolute atomic E-state index is 12.3. The second-order valence-electron chi connectivity index (χ2n) is 8.11. The topological polar surface area (TPSA) is 166 Å². The fourth-order valence-electron chi connectivity index (χ4n) is 3.36. The number of nitrogens with zero attached hydrogens (tertiary/aromatic N) is 3. The predicted molar refractivity (Wildman–Crippen MR) is 130 cm³/mol. The lowest BCUT2D eigenvalue weighted by atomic mass is 9.89. The number of hydrogen-bond acceptors (Lipinski definition) is 7. The van der Waals surface area contributed by atoms with Gasteiger partial charge in [-0.3, -0.25) is 4.99 Å². The van der Waals surface area contributed by atoms with E-state index in [1.165, 1.54) is 12.3 Å². The summed E-state index contributed by atoms with van der Waals surface area (Å²) in [5.41, 5.74) is 1.41. The quantitative estimate of drug-likeness (QED) is 0.276. The molecule has 0 radical (unpaired) electrons. The van der Waals surface area contributed by atoms with Gasteiger partial charge < -0.3 is 31.8 Å². The van der Waals surface area contributed by atoms with E-state index in [-0.39, 0.29) is 12.1 Å². The third kappa shape index (κ3) is 7.09. The van der Waals surface area contributed by atoms with E-state index in [0.29, 0.717) is 35.7 Å². The maximum atomic E-state index is 12.3. The van der Waals surface area contributed by atoms with E-state index in [2.05, 4.69) is 31.7 Å². The Morgan fingerprint density at radius 2 is 2.14 bits per heavy atom. The van der Waals surface area contributed by atoms with Crippen LogP contribution in [0.5, 0.6) is 0 Å². The highest BCUT2D eigenvalue weighted by Gasteiger charge is 2.36. The lowest BCUT2D eigenvalue weighted by molar-refractivity contribution is -0.122. The Bertz CT molecular complexity index is 1210. The number of aliphatic imine (C=N–C) groups is 1. The number of H-pyrrole nitrogens is 1. The molecule has 1 atom stereocenters. The minimum atomic E-state index is -4.51. The number of halogens is 3. The van der Waals surface area contributed by atoms with Gasteiger partial charge in [0.1, 0.15) is 12.4 Å². The summed E-state index contributed by atoms with van der Waals surface area (Å²) >= 11 is 0. The zero-order chi connectivity index (χ0) is 26.2. The van der Waals surface area contributed by atoms with Gasteiger partial charge in [-0.05, 0) is 23.8 Å². The minimum absolute atomic E-state index is 0.254. The second kappa shape index (κ2) is 11.4. The van der Waals surface area contributed by atoms with Crippen LogP contribution in [0.15, 0.2) is 41.0 Å². The number of rotatable bonds is 10. The van der Waals surface area contributed by atoms with Gasteiger partial charge in [0, 0.05) is 43.0 Å². The normalized spacial score (nSPS) is 16.0. The van der Waals surface area contributed by atoms with Gasteiger partial charge in [0.15, 0.2) is 0 Å². The van der Waals surface area contributed by atoms with Crippen LogP contribution in [-0.4, -0.2) is 66.0 Å². The average molecular weight is 500 g/mol. The molecular formula is C23H24F3N9O. The molecule has 1 fully saturated rings. The number of anilines is 1. The number of carbonyl (C=O) groups excluding carboxylic acids is 1. The molecule has 13 heteroatoms. The van der Waals surface area contributed by atoms with Gasteiger partial charge in [-0.2, -0.15) is 18.4 Å². The summed E-state index contributed by atoms with van der Waals surface area (Å²) in [7, 11) is 0. The number of carbonyl (C=O) groups is 1. The first kappa shape index (κ1) is 26.3. The number of nitriles is 1. The number of amides is 2. The number of aromatic nitrogens is 2. The first-order valence-electron chi connectivity index (χ1n) is 10.8. The summed E-state index contributed by atoms with van der Waals surface area (Å²) in [5.74, 6) is -0.183. The molecule has 1 aliphatic heterocycles. The van der Waals surface area contributed by atoms with Gasteiger partial charge in [0.2, 0.25) is 0 Å². The number of alkyl halides is 3. The van der Waals surface area contributed by atoms with Crippen LogP contribution >= 0.6 is 0 Å². The number of nitrogens with one attached hydrogen (secondary N) is 6. The molecule has 3 rings (SSSR count). The van der Waals surface area contributed by atoms with Crippen LogP contribution in [0.25, 0.3) is 17.3 Å². The third-order valence-electron chi connectivity index (χ3n) is 5.34. The minimum Gasteiger partial charge on any atom is -0.338 e. The Morgan fingerprint density at radius 1 is 1.36 bits per heavy atom. The van der Waals surface area contributed by atoms with Gasteiger partial charge in [-0.25, -0.2) is 9.78 Å². The molecule has 1 aromatic carbocycles. The van der Waals surface area contributed by atoms with Crippen molar-refractivity contribution >= 4 is 36.4 Å². The van der Waals surface area contributed by atoms with Crippen molar-refractivity contribution in [2.75, 3.05) is 25.0 Å². The molecule has 1 unspecified atom stereocenters. The van der Waals surface area contributed by atoms with E-state index in [0.717, 1.165) is 12.4 Å². The number of aromatic amines is 1. The Hall–Kier alpha value is -4.31. The van der Waals surface area contributed by atoms with Crippen LogP contribution in [0.3, 0.4) is 0 Å². The van der Waals surface area contributed by atoms with E-state index in [1.807, 2.05) is 0 Å². The second-order valence-corrected chi connectivity index (χ2v) is 8.11. The number of allylic oxidation sites excluding steroid dienone is 1. The van der Waals surface area contributed by atoms with Crippen molar-refractivity contribution in [1.82, 2.24) is 20.6 Å². The SMILES string of the molecule is N#CCC1(N=CC(C=N)/C(C=N)=C/c2ncc(-c3cccc(NC(=O)NCC(F)(F)F)c3)[nH]2)CNC1. The molecule has 0 bridgehead atoms. The van der Waals surface area contributed by atoms with Crippen molar-refractivity contribution in [2.45, 2.75) is 18.1 Å². The smallest absolute Gasteiger partial charge is 0.338 e. The van der Waals surface area contributed by atoms with Gasteiger partial charge in [0.05, 0.1) is 35.8 Å². The van der Waals surface area contributed by atoms with Crippen molar-refractivity contribution < 1.29 is 18.0 Å². The van der Waals surface area contributed by atoms with Crippen LogP contribution in [0.2, 0.25) is 0 Å². The fraction of sp³-hybridized carbons (Fsp3) is 0.304. The molecule has 2 aromatic rings. The Kier molecular flexibility index (Phi) is 8.34. The van der Waals surface area contributed by atoms with Crippen molar-refractivity contribution in [3.8, 4) is 17.3 Å². The Labute approximate surface area is 204 Å². The van der Waals surface area contributed by atoms with Crippen LogP contribution in [0, 0.1) is 28.1 Å². The van der Waals surface area contributed by atoms with Gasteiger partial charge in [-0.15, -0.1) is 0 Å². The molecule has 1 aromatic heterocycles. The van der Waals surface area contributed by atoms with Gasteiger partial charge in [0.25, 0.3) is 0 Å². The summed E-state index contributed by atoms with van der Waals surface area (Å²) in [4.78, 5) is 23.6. The Morgan fingerprint density at radius 3 is 2.75 bits per heavy atom. The van der Waals surface area contributed by atoms with Crippen LogP contribution < -0.4 is 16.0 Å². The van der Waals surface area contributed by atoms with Crippen LogP contribution in [0.4, 0.5) is 23.7 Å². The number of benzene rings is 1. The lowest BCUT2D eigenvalue weighted by Crippen LogP contribution is -2.58. The molecule has 6 N–H and O–H groups in total. The standard InChI is InChI=1S/C23H24F3N9O/c24-23(25,26)14-32-21(36)34-18-3-1-2-15(6-18)19-11-31-20(35-19)7-16(8-28)17(9-29)10-33-22(4-5-27)12-30-13-22/h1-3,6-11,17,28-30H,4,12-14H2,(H,31,35)(H2,32,34,36)/b16-7+,28-8?,29-9?,33-10?. The van der Waals surface area contributed by atoms with Gasteiger partial charge >= 0.3 is 12.2 Å². The summed E-state index contributed by atoms with van der Waals surface area (Å²) in [6, 6.07) is 7.60. The summed E-state index contributed by atoms with van der Waals surface area (Å²) in [5, 5.41) is 31.7. The van der Waals surface area contributed by atoms with E-state index >= 15 is 0 Å². The Balaban J connectivity index is 1.73. The zero-order valence-corrected chi connectivity index (χ0v) is 19.0. The van der Waals surface area contributed by atoms with Crippen molar-refractivity contribution in [3.05, 3.63) is 41.9 Å². The lowest BCUT2D eigenvalue weighted by Gasteiger charge is -2.37. The van der Waals surface area contributed by atoms with E-state index in [1.54, 1.807) is 35.8 Å². The molecule has 0 spiro atoms. The highest BCUT2D eigenvalue weighted by Crippen LogP contribution is 2.23. The van der Waals surface area contributed by atoms with Crippen molar-refractivity contribution in [3.63, 3.8) is 0 Å². The van der Waals surface area contributed by atoms with Crippen molar-refractivity contribution in [1.29, 1.82) is 16.1 Å².